The highest BCUT2D eigenvalue weighted by Crippen LogP contribution is 2.31. The molecule has 14 heavy (non-hydrogen) atoms. The lowest BCUT2D eigenvalue weighted by molar-refractivity contribution is 0.422. The summed E-state index contributed by atoms with van der Waals surface area (Å²) in [5, 5.41) is 3.22. The molecule has 2 rings (SSSR count). The summed E-state index contributed by atoms with van der Waals surface area (Å²) in [6, 6.07) is 0. The SMILES string of the molecule is CC(C)C1CCN(c2nc(Br)cs2)C1. The van der Waals surface area contributed by atoms with Crippen LogP contribution in [0.4, 0.5) is 5.13 Å². The molecule has 1 atom stereocenters. The van der Waals surface area contributed by atoms with Gasteiger partial charge in [-0.15, -0.1) is 11.3 Å². The lowest BCUT2D eigenvalue weighted by Crippen LogP contribution is -2.20. The third-order valence-electron chi connectivity index (χ3n) is 2.90. The van der Waals surface area contributed by atoms with Crippen molar-refractivity contribution in [3.63, 3.8) is 0 Å². The second-order valence-electron chi connectivity index (χ2n) is 4.19. The third-order valence-corrected chi connectivity index (χ3v) is 4.51. The molecule has 1 saturated heterocycles. The Hall–Kier alpha value is -0.0900. The second-order valence-corrected chi connectivity index (χ2v) is 5.84. The predicted octanol–water partition coefficient (Wildman–Crippen LogP) is 3.39. The zero-order chi connectivity index (χ0) is 10.1. The first-order valence-corrected chi connectivity index (χ1v) is 6.70. The molecule has 1 aliphatic heterocycles. The Balaban J connectivity index is 2.02. The van der Waals surface area contributed by atoms with Crippen LogP contribution in [0, 0.1) is 11.8 Å². The van der Waals surface area contributed by atoms with Gasteiger partial charge in [0.1, 0.15) is 4.60 Å². The summed E-state index contributed by atoms with van der Waals surface area (Å²) in [4.78, 5) is 6.85. The molecule has 0 saturated carbocycles. The Morgan fingerprint density at radius 2 is 2.43 bits per heavy atom. The van der Waals surface area contributed by atoms with Gasteiger partial charge in [0.25, 0.3) is 0 Å². The molecular formula is C10H15BrN2S. The van der Waals surface area contributed by atoms with Crippen molar-refractivity contribution in [2.75, 3.05) is 18.0 Å². The van der Waals surface area contributed by atoms with Crippen LogP contribution in [0.25, 0.3) is 0 Å². The molecule has 2 heterocycles. The number of hydrogen-bond acceptors (Lipinski definition) is 3. The molecule has 1 aliphatic rings. The molecule has 1 fully saturated rings. The van der Waals surface area contributed by atoms with Crippen LogP contribution in [-0.4, -0.2) is 18.1 Å². The minimum Gasteiger partial charge on any atom is -0.348 e. The fraction of sp³-hybridized carbons (Fsp3) is 0.700. The van der Waals surface area contributed by atoms with Crippen molar-refractivity contribution in [1.29, 1.82) is 0 Å². The summed E-state index contributed by atoms with van der Waals surface area (Å²) in [6.07, 6.45) is 1.31. The molecule has 0 aliphatic carbocycles. The fourth-order valence-corrected chi connectivity index (χ4v) is 3.18. The van der Waals surface area contributed by atoms with E-state index in [9.17, 15) is 0 Å². The average molecular weight is 275 g/mol. The predicted molar refractivity (Wildman–Crippen MR) is 65.0 cm³/mol. The third kappa shape index (κ3) is 2.11. The topological polar surface area (TPSA) is 16.1 Å². The summed E-state index contributed by atoms with van der Waals surface area (Å²) in [5.41, 5.74) is 0. The lowest BCUT2D eigenvalue weighted by Gasteiger charge is -2.16. The fourth-order valence-electron chi connectivity index (χ4n) is 1.90. The molecule has 1 aromatic rings. The molecule has 0 aromatic carbocycles. The molecule has 0 N–H and O–H groups in total. The van der Waals surface area contributed by atoms with Crippen LogP contribution in [0.5, 0.6) is 0 Å². The van der Waals surface area contributed by atoms with E-state index in [1.165, 1.54) is 24.6 Å². The average Bonchev–Trinajstić information content (AvgIpc) is 2.70. The molecule has 0 bridgehead atoms. The van der Waals surface area contributed by atoms with Crippen LogP contribution in [0.2, 0.25) is 0 Å². The van der Waals surface area contributed by atoms with Gasteiger partial charge in [-0.2, -0.15) is 0 Å². The van der Waals surface area contributed by atoms with Gasteiger partial charge in [0.15, 0.2) is 5.13 Å². The summed E-state index contributed by atoms with van der Waals surface area (Å²) < 4.78 is 0.963. The maximum absolute atomic E-state index is 4.45. The number of rotatable bonds is 2. The van der Waals surface area contributed by atoms with Crippen molar-refractivity contribution < 1.29 is 0 Å². The van der Waals surface area contributed by atoms with Crippen molar-refractivity contribution in [3.05, 3.63) is 9.98 Å². The Kier molecular flexibility index (Phi) is 3.12. The van der Waals surface area contributed by atoms with Crippen molar-refractivity contribution in [3.8, 4) is 0 Å². The first kappa shape index (κ1) is 10.4. The summed E-state index contributed by atoms with van der Waals surface area (Å²) >= 11 is 5.12. The van der Waals surface area contributed by atoms with Gasteiger partial charge < -0.3 is 4.90 Å². The molecule has 2 nitrogen and oxygen atoms in total. The standard InChI is InChI=1S/C10H15BrN2S/c1-7(2)8-3-4-13(5-8)10-12-9(11)6-14-10/h6-8H,3-5H2,1-2H3. The van der Waals surface area contributed by atoms with Gasteiger partial charge in [-0.1, -0.05) is 13.8 Å². The number of nitrogens with zero attached hydrogens (tertiary/aromatic N) is 2. The van der Waals surface area contributed by atoms with Gasteiger partial charge in [-0.25, -0.2) is 4.98 Å². The van der Waals surface area contributed by atoms with E-state index in [0.717, 1.165) is 16.4 Å². The van der Waals surface area contributed by atoms with E-state index in [1.54, 1.807) is 11.3 Å². The Morgan fingerprint density at radius 3 is 2.93 bits per heavy atom. The number of thiazole rings is 1. The highest BCUT2D eigenvalue weighted by Gasteiger charge is 2.26. The second kappa shape index (κ2) is 4.19. The molecular weight excluding hydrogens is 260 g/mol. The molecule has 0 spiro atoms. The maximum atomic E-state index is 4.45. The Morgan fingerprint density at radius 1 is 1.64 bits per heavy atom. The van der Waals surface area contributed by atoms with Crippen molar-refractivity contribution in [2.45, 2.75) is 20.3 Å². The highest BCUT2D eigenvalue weighted by atomic mass is 79.9. The van der Waals surface area contributed by atoms with Gasteiger partial charge in [0.05, 0.1) is 0 Å². The van der Waals surface area contributed by atoms with Crippen LogP contribution in [-0.2, 0) is 0 Å². The van der Waals surface area contributed by atoms with E-state index < -0.39 is 0 Å². The quantitative estimate of drug-likeness (QED) is 0.822. The van der Waals surface area contributed by atoms with Gasteiger partial charge in [-0.05, 0) is 34.2 Å². The number of hydrogen-bond donors (Lipinski definition) is 0. The Bertz CT molecular complexity index is 311. The van der Waals surface area contributed by atoms with Crippen molar-refractivity contribution in [1.82, 2.24) is 4.98 Å². The first-order valence-electron chi connectivity index (χ1n) is 5.03. The zero-order valence-electron chi connectivity index (χ0n) is 8.53. The van der Waals surface area contributed by atoms with Crippen molar-refractivity contribution >= 4 is 32.4 Å². The van der Waals surface area contributed by atoms with Gasteiger partial charge >= 0.3 is 0 Å². The Labute approximate surface area is 97.5 Å². The normalized spacial score (nSPS) is 22.3. The molecule has 1 unspecified atom stereocenters. The summed E-state index contributed by atoms with van der Waals surface area (Å²) in [7, 11) is 0. The van der Waals surface area contributed by atoms with Crippen LogP contribution < -0.4 is 4.90 Å². The van der Waals surface area contributed by atoms with Crippen LogP contribution >= 0.6 is 27.3 Å². The summed E-state index contributed by atoms with van der Waals surface area (Å²) in [5.74, 6) is 1.64. The zero-order valence-corrected chi connectivity index (χ0v) is 10.9. The van der Waals surface area contributed by atoms with Gasteiger partial charge in [0, 0.05) is 18.5 Å². The van der Waals surface area contributed by atoms with Crippen LogP contribution in [0.3, 0.4) is 0 Å². The first-order chi connectivity index (χ1) is 6.66. The van der Waals surface area contributed by atoms with Gasteiger partial charge in [0.2, 0.25) is 0 Å². The van der Waals surface area contributed by atoms with Gasteiger partial charge in [-0.3, -0.25) is 0 Å². The smallest absolute Gasteiger partial charge is 0.186 e. The van der Waals surface area contributed by atoms with Crippen LogP contribution in [0.15, 0.2) is 9.98 Å². The van der Waals surface area contributed by atoms with E-state index >= 15 is 0 Å². The minimum atomic E-state index is 0.795. The number of anilines is 1. The van der Waals surface area contributed by atoms with E-state index in [1.807, 2.05) is 0 Å². The summed E-state index contributed by atoms with van der Waals surface area (Å²) in [6.45, 7) is 6.97. The minimum absolute atomic E-state index is 0.795. The van der Waals surface area contributed by atoms with Crippen molar-refractivity contribution in [2.24, 2.45) is 11.8 Å². The van der Waals surface area contributed by atoms with E-state index in [4.69, 9.17) is 0 Å². The maximum Gasteiger partial charge on any atom is 0.186 e. The molecule has 1 aromatic heterocycles. The lowest BCUT2D eigenvalue weighted by atomic mass is 9.95. The molecule has 0 amide bonds. The number of aromatic nitrogens is 1. The van der Waals surface area contributed by atoms with Crippen LogP contribution in [0.1, 0.15) is 20.3 Å². The van der Waals surface area contributed by atoms with E-state index in [-0.39, 0.29) is 0 Å². The highest BCUT2D eigenvalue weighted by molar-refractivity contribution is 9.10. The molecule has 4 heteroatoms. The largest absolute Gasteiger partial charge is 0.348 e. The molecule has 78 valence electrons. The number of halogens is 1. The molecule has 0 radical (unpaired) electrons. The monoisotopic (exact) mass is 274 g/mol. The van der Waals surface area contributed by atoms with E-state index in [2.05, 4.69) is 45.0 Å². The van der Waals surface area contributed by atoms with E-state index in [0.29, 0.717) is 0 Å².